The quantitative estimate of drug-likeness (QED) is 0.205. The highest BCUT2D eigenvalue weighted by Gasteiger charge is 2.62. The second-order valence-electron chi connectivity index (χ2n) is 13.4. The van der Waals surface area contributed by atoms with Crippen molar-refractivity contribution in [3.8, 4) is 11.7 Å². The highest BCUT2D eigenvalue weighted by molar-refractivity contribution is 7.97. The Morgan fingerprint density at radius 1 is 1.04 bits per heavy atom. The largest absolute Gasteiger partial charge is 0.477 e. The van der Waals surface area contributed by atoms with Gasteiger partial charge in [0.05, 0.1) is 29.3 Å². The van der Waals surface area contributed by atoms with Crippen LogP contribution in [0.15, 0.2) is 72.0 Å². The van der Waals surface area contributed by atoms with Crippen molar-refractivity contribution in [3.05, 3.63) is 78.2 Å². The second kappa shape index (κ2) is 12.6. The first-order valence-electron chi connectivity index (χ1n) is 16.2. The first kappa shape index (κ1) is 32.2. The van der Waals surface area contributed by atoms with Gasteiger partial charge in [-0.1, -0.05) is 12.1 Å². The molecule has 2 aliphatic heterocycles. The van der Waals surface area contributed by atoms with Crippen molar-refractivity contribution in [1.29, 1.82) is 0 Å². The molecule has 0 aromatic carbocycles. The molecular formula is C34H37F3N8O2S. The number of fused-ring (bicyclic) bond motifs is 6. The average Bonchev–Trinajstić information content (AvgIpc) is 3.62. The number of alkyl halides is 3. The molecule has 0 spiro atoms. The van der Waals surface area contributed by atoms with Crippen LogP contribution in [0.5, 0.6) is 5.88 Å². The number of nitrogens with one attached hydrogen (secondary N) is 2. The average molecular weight is 679 g/mol. The van der Waals surface area contributed by atoms with Crippen LogP contribution in [0, 0.1) is 11.3 Å². The summed E-state index contributed by atoms with van der Waals surface area (Å²) >= 11 is 1.13. The maximum absolute atomic E-state index is 13.7. The van der Waals surface area contributed by atoms with Crippen LogP contribution in [0.2, 0.25) is 0 Å². The molecule has 252 valence electrons. The van der Waals surface area contributed by atoms with E-state index in [1.165, 1.54) is 4.68 Å². The maximum Gasteiger partial charge on any atom is 0.394 e. The van der Waals surface area contributed by atoms with Gasteiger partial charge in [-0.25, -0.2) is 14.6 Å². The van der Waals surface area contributed by atoms with E-state index >= 15 is 0 Å². The number of hydrogen-bond donors (Lipinski definition) is 2. The number of ether oxygens (including phenoxy) is 1. The molecule has 1 unspecified atom stereocenters. The molecule has 4 bridgehead atoms. The van der Waals surface area contributed by atoms with Gasteiger partial charge < -0.3 is 15.0 Å². The smallest absolute Gasteiger partial charge is 0.394 e. The maximum atomic E-state index is 13.7. The van der Waals surface area contributed by atoms with E-state index in [1.54, 1.807) is 30.6 Å². The van der Waals surface area contributed by atoms with Crippen molar-refractivity contribution in [2.45, 2.75) is 75.2 Å². The lowest BCUT2D eigenvalue weighted by Crippen LogP contribution is -2.40. The Balaban J connectivity index is 1.16. The van der Waals surface area contributed by atoms with Gasteiger partial charge in [0, 0.05) is 42.5 Å². The molecule has 7 rings (SSSR count). The normalized spacial score (nSPS) is 21.7. The molecule has 10 nitrogen and oxygen atoms in total. The summed E-state index contributed by atoms with van der Waals surface area (Å²) in [5.74, 6) is 1.93. The van der Waals surface area contributed by atoms with E-state index in [4.69, 9.17) is 14.7 Å². The van der Waals surface area contributed by atoms with Crippen LogP contribution in [0.1, 0.15) is 74.5 Å². The minimum Gasteiger partial charge on any atom is -0.477 e. The molecule has 4 aromatic heterocycles. The fraction of sp³-hybridized carbons (Fsp3) is 0.441. The minimum atomic E-state index is -4.22. The van der Waals surface area contributed by atoms with Crippen LogP contribution in [0.3, 0.4) is 0 Å². The van der Waals surface area contributed by atoms with Gasteiger partial charge in [-0.3, -0.25) is 14.5 Å². The van der Waals surface area contributed by atoms with E-state index in [9.17, 15) is 18.0 Å². The van der Waals surface area contributed by atoms with E-state index in [0.717, 1.165) is 36.9 Å². The minimum absolute atomic E-state index is 0.0488. The lowest BCUT2D eigenvalue weighted by atomic mass is 9.91. The third-order valence-electron chi connectivity index (χ3n) is 9.61. The zero-order valence-corrected chi connectivity index (χ0v) is 27.5. The van der Waals surface area contributed by atoms with Gasteiger partial charge in [0.2, 0.25) is 5.88 Å². The predicted molar refractivity (Wildman–Crippen MR) is 176 cm³/mol. The zero-order chi connectivity index (χ0) is 33.5. The molecule has 14 heteroatoms. The monoisotopic (exact) mass is 678 g/mol. The molecule has 2 atom stereocenters. The Labute approximate surface area is 281 Å². The number of anilines is 2. The van der Waals surface area contributed by atoms with Gasteiger partial charge in [0.15, 0.2) is 5.82 Å². The second-order valence-corrected chi connectivity index (χ2v) is 14.3. The molecule has 1 amide bonds. The summed E-state index contributed by atoms with van der Waals surface area (Å²) in [4.78, 5) is 30.3. The van der Waals surface area contributed by atoms with E-state index < -0.39 is 11.6 Å². The van der Waals surface area contributed by atoms with Crippen LogP contribution >= 0.6 is 11.9 Å². The van der Waals surface area contributed by atoms with Gasteiger partial charge in [-0.15, -0.1) is 5.10 Å². The highest BCUT2D eigenvalue weighted by atomic mass is 32.2. The summed E-state index contributed by atoms with van der Waals surface area (Å²) < 4.78 is 50.1. The molecule has 1 aliphatic carbocycles. The van der Waals surface area contributed by atoms with E-state index in [0.29, 0.717) is 40.5 Å². The molecule has 1 saturated carbocycles. The first-order valence-corrected chi connectivity index (χ1v) is 17.0. The molecule has 4 aromatic rings. The van der Waals surface area contributed by atoms with Gasteiger partial charge >= 0.3 is 6.18 Å². The number of nitrogens with zero attached hydrogens (tertiary/aromatic N) is 6. The number of carbonyl (C=O) groups excluding carboxylic acids is 1. The topological polar surface area (TPSA) is 110 Å². The summed E-state index contributed by atoms with van der Waals surface area (Å²) in [6.45, 7) is 4.95. The fourth-order valence-corrected chi connectivity index (χ4v) is 7.35. The Morgan fingerprint density at radius 2 is 1.90 bits per heavy atom. The Kier molecular flexibility index (Phi) is 8.46. The van der Waals surface area contributed by atoms with Crippen molar-refractivity contribution in [2.75, 3.05) is 23.4 Å². The molecule has 2 N–H and O–H groups in total. The molecule has 48 heavy (non-hydrogen) atoms. The molecule has 2 fully saturated rings. The molecular weight excluding hydrogens is 641 g/mol. The number of carbonyl (C=O) groups is 1. The lowest BCUT2D eigenvalue weighted by Gasteiger charge is -2.34. The number of amides is 1. The highest BCUT2D eigenvalue weighted by Crippen LogP contribution is 2.59. The fourth-order valence-electron chi connectivity index (χ4n) is 6.75. The van der Waals surface area contributed by atoms with Crippen molar-refractivity contribution in [1.82, 2.24) is 29.5 Å². The number of hydrogen-bond acceptors (Lipinski definition) is 9. The van der Waals surface area contributed by atoms with Gasteiger partial charge in [0.25, 0.3) is 5.91 Å². The van der Waals surface area contributed by atoms with Crippen molar-refractivity contribution < 1.29 is 22.7 Å². The number of rotatable bonds is 6. The van der Waals surface area contributed by atoms with Crippen LogP contribution in [-0.4, -0.2) is 55.5 Å². The third kappa shape index (κ3) is 6.67. The summed E-state index contributed by atoms with van der Waals surface area (Å²) in [6.07, 6.45) is 2.06. The number of pyridine rings is 3. The van der Waals surface area contributed by atoms with Crippen LogP contribution < -0.4 is 19.7 Å². The predicted octanol–water partition coefficient (Wildman–Crippen LogP) is 7.16. The number of halogens is 3. The SMILES string of the molecule is CC1(C)C[C@@H]2CCC(c3ccccn3)Nc3cccc(n3)SNC(=O)c3ccc(-n4ccc(OCCC5(C(F)(F)F)CC5)n4)nc3N1C2. The summed E-state index contributed by atoms with van der Waals surface area (Å²) in [6, 6.07) is 16.6. The number of aromatic nitrogens is 5. The third-order valence-corrected chi connectivity index (χ3v) is 10.3. The van der Waals surface area contributed by atoms with Gasteiger partial charge in [0.1, 0.15) is 16.7 Å². The molecule has 3 aliphatic rings. The molecule has 6 heterocycles. The van der Waals surface area contributed by atoms with E-state index in [-0.39, 0.29) is 49.2 Å². The van der Waals surface area contributed by atoms with Crippen molar-refractivity contribution in [2.24, 2.45) is 11.3 Å². The van der Waals surface area contributed by atoms with Crippen LogP contribution in [0.25, 0.3) is 5.82 Å². The van der Waals surface area contributed by atoms with Crippen LogP contribution in [0.4, 0.5) is 24.8 Å². The molecule has 0 radical (unpaired) electrons. The first-order chi connectivity index (χ1) is 23.0. The zero-order valence-electron chi connectivity index (χ0n) is 26.7. The van der Waals surface area contributed by atoms with Gasteiger partial charge in [-0.2, -0.15) is 13.2 Å². The van der Waals surface area contributed by atoms with E-state index in [2.05, 4.69) is 38.9 Å². The summed E-state index contributed by atoms with van der Waals surface area (Å²) in [7, 11) is 0. The summed E-state index contributed by atoms with van der Waals surface area (Å²) in [5.41, 5.74) is -0.574. The Bertz CT molecular complexity index is 1780. The Hall–Kier alpha value is -4.33. The Morgan fingerprint density at radius 3 is 2.67 bits per heavy atom. The summed E-state index contributed by atoms with van der Waals surface area (Å²) in [5, 5.41) is 8.64. The van der Waals surface area contributed by atoms with Crippen molar-refractivity contribution >= 4 is 29.5 Å². The van der Waals surface area contributed by atoms with Crippen molar-refractivity contribution in [3.63, 3.8) is 0 Å². The van der Waals surface area contributed by atoms with Gasteiger partial charge in [-0.05, 0) is 94.7 Å². The van der Waals surface area contributed by atoms with Crippen LogP contribution in [-0.2, 0) is 0 Å². The van der Waals surface area contributed by atoms with E-state index in [1.807, 2.05) is 36.4 Å². The standard InChI is InChI=1S/C34H37F3N8O2S/c1-32(2)20-22-9-11-25(24-6-3-4-17-38-24)39-26-7-5-8-29(40-26)48-43-31(46)23-10-12-27(41-30(23)44(32)21-22)45-18-13-28(42-45)47-19-16-33(14-15-33)34(35,36)37/h3-8,10,12-13,17-18,22,25H,9,11,14-16,19-21H2,1-2H3,(H,39,40)(H,43,46)/t22-,25?/m0/s1. The molecule has 1 saturated heterocycles. The lowest BCUT2D eigenvalue weighted by molar-refractivity contribution is -0.190.